The molecule has 0 radical (unpaired) electrons. The first-order valence-electron chi connectivity index (χ1n) is 6.29. The summed E-state index contributed by atoms with van der Waals surface area (Å²) in [5.74, 6) is 6.49. The summed E-state index contributed by atoms with van der Waals surface area (Å²) in [6.07, 6.45) is 5.04. The number of ether oxygens (including phenoxy) is 1. The first kappa shape index (κ1) is 14.2. The van der Waals surface area contributed by atoms with Gasteiger partial charge in [-0.3, -0.25) is 9.99 Å². The van der Waals surface area contributed by atoms with E-state index in [9.17, 15) is 0 Å². The Morgan fingerprint density at radius 1 is 1.35 bits per heavy atom. The lowest BCUT2D eigenvalue weighted by Crippen LogP contribution is -2.22. The summed E-state index contributed by atoms with van der Waals surface area (Å²) in [5, 5.41) is 3.09. The maximum Gasteiger partial charge on any atom is 0.243 e. The van der Waals surface area contributed by atoms with Crippen molar-refractivity contribution in [2.75, 3.05) is 23.9 Å². The van der Waals surface area contributed by atoms with Crippen molar-refractivity contribution in [1.29, 1.82) is 0 Å². The molecule has 0 spiro atoms. The minimum atomic E-state index is 0.0581. The summed E-state index contributed by atoms with van der Waals surface area (Å²) in [7, 11) is 0. The zero-order valence-electron chi connectivity index (χ0n) is 11.4. The molecule has 1 atom stereocenters. The van der Waals surface area contributed by atoms with Crippen molar-refractivity contribution in [2.24, 2.45) is 5.84 Å². The smallest absolute Gasteiger partial charge is 0.243 e. The van der Waals surface area contributed by atoms with Crippen LogP contribution in [0.15, 0.2) is 18.7 Å². The Labute approximate surface area is 116 Å². The number of rotatable bonds is 7. The van der Waals surface area contributed by atoms with E-state index in [4.69, 9.17) is 10.6 Å². The van der Waals surface area contributed by atoms with Crippen molar-refractivity contribution in [3.05, 3.63) is 18.7 Å². The number of nitrogen functional groups attached to an aromatic ring is 1. The number of hydrogen-bond donors (Lipinski definition) is 3. The molecular weight excluding hydrogens is 260 g/mol. The van der Waals surface area contributed by atoms with Crippen LogP contribution in [-0.2, 0) is 4.74 Å². The number of nitrogens with two attached hydrogens (primary N) is 1. The third-order valence-electron chi connectivity index (χ3n) is 2.49. The zero-order chi connectivity index (χ0) is 14.4. The number of aromatic nitrogens is 5. The van der Waals surface area contributed by atoms with Gasteiger partial charge in [0.1, 0.15) is 6.33 Å². The fraction of sp³-hybridized carbons (Fsp3) is 0.455. The summed E-state index contributed by atoms with van der Waals surface area (Å²) >= 11 is 0. The summed E-state index contributed by atoms with van der Waals surface area (Å²) in [6.45, 7) is 5.17. The molecule has 9 nitrogen and oxygen atoms in total. The molecule has 9 heteroatoms. The lowest BCUT2D eigenvalue weighted by molar-refractivity contribution is 0.0854. The molecule has 0 saturated carbocycles. The van der Waals surface area contributed by atoms with E-state index < -0.39 is 0 Å². The number of nitrogens with one attached hydrogen (secondary N) is 2. The van der Waals surface area contributed by atoms with Gasteiger partial charge in [0.2, 0.25) is 17.8 Å². The lowest BCUT2D eigenvalue weighted by Gasteiger charge is -2.13. The van der Waals surface area contributed by atoms with Gasteiger partial charge in [-0.2, -0.15) is 15.0 Å². The molecular formula is C11H18N8O. The van der Waals surface area contributed by atoms with Crippen LogP contribution in [0.1, 0.15) is 13.8 Å². The Morgan fingerprint density at radius 2 is 2.15 bits per heavy atom. The number of imidazole rings is 1. The van der Waals surface area contributed by atoms with Gasteiger partial charge in [0.25, 0.3) is 0 Å². The van der Waals surface area contributed by atoms with Crippen molar-refractivity contribution in [3.8, 4) is 5.95 Å². The molecule has 4 N–H and O–H groups in total. The van der Waals surface area contributed by atoms with E-state index in [-0.39, 0.29) is 12.1 Å². The average molecular weight is 278 g/mol. The second-order valence-electron chi connectivity index (χ2n) is 4.04. The topological polar surface area (TPSA) is 116 Å². The van der Waals surface area contributed by atoms with Crippen LogP contribution in [0.3, 0.4) is 0 Å². The molecule has 2 heterocycles. The SMILES string of the molecule is CCOC(C)CNc1nc(NN)nc(-n2ccnc2)n1. The van der Waals surface area contributed by atoms with Gasteiger partial charge < -0.3 is 10.1 Å². The lowest BCUT2D eigenvalue weighted by atomic mass is 10.4. The molecule has 108 valence electrons. The Balaban J connectivity index is 2.14. The number of hydrazine groups is 1. The zero-order valence-corrected chi connectivity index (χ0v) is 11.4. The molecule has 0 aliphatic rings. The van der Waals surface area contributed by atoms with E-state index in [1.165, 1.54) is 0 Å². The predicted molar refractivity (Wildman–Crippen MR) is 74.3 cm³/mol. The van der Waals surface area contributed by atoms with Crippen LogP contribution in [0.4, 0.5) is 11.9 Å². The van der Waals surface area contributed by atoms with E-state index in [2.05, 4.69) is 30.7 Å². The van der Waals surface area contributed by atoms with Gasteiger partial charge in [0, 0.05) is 25.5 Å². The second-order valence-corrected chi connectivity index (χ2v) is 4.04. The molecule has 1 unspecified atom stereocenters. The molecule has 0 aliphatic heterocycles. The average Bonchev–Trinajstić information content (AvgIpc) is 2.99. The van der Waals surface area contributed by atoms with Crippen LogP contribution < -0.4 is 16.6 Å². The van der Waals surface area contributed by atoms with Crippen LogP contribution in [0.5, 0.6) is 0 Å². The Hall–Kier alpha value is -2.26. The van der Waals surface area contributed by atoms with Crippen molar-refractivity contribution in [3.63, 3.8) is 0 Å². The minimum Gasteiger partial charge on any atom is -0.377 e. The molecule has 20 heavy (non-hydrogen) atoms. The van der Waals surface area contributed by atoms with Gasteiger partial charge in [0.15, 0.2) is 0 Å². The fourth-order valence-electron chi connectivity index (χ4n) is 1.58. The highest BCUT2D eigenvalue weighted by molar-refractivity contribution is 5.37. The summed E-state index contributed by atoms with van der Waals surface area (Å²) in [6, 6.07) is 0. The van der Waals surface area contributed by atoms with Crippen LogP contribution >= 0.6 is 0 Å². The predicted octanol–water partition coefficient (Wildman–Crippen LogP) is 0.180. The van der Waals surface area contributed by atoms with E-state index >= 15 is 0 Å². The Morgan fingerprint density at radius 3 is 2.80 bits per heavy atom. The normalized spacial score (nSPS) is 12.2. The first-order valence-corrected chi connectivity index (χ1v) is 6.29. The van der Waals surface area contributed by atoms with Crippen LogP contribution in [0.2, 0.25) is 0 Å². The van der Waals surface area contributed by atoms with Gasteiger partial charge in [-0.25, -0.2) is 10.8 Å². The fourth-order valence-corrected chi connectivity index (χ4v) is 1.58. The number of anilines is 2. The van der Waals surface area contributed by atoms with Crippen molar-refractivity contribution in [1.82, 2.24) is 24.5 Å². The van der Waals surface area contributed by atoms with Crippen molar-refractivity contribution in [2.45, 2.75) is 20.0 Å². The summed E-state index contributed by atoms with van der Waals surface area (Å²) in [4.78, 5) is 16.5. The highest BCUT2D eigenvalue weighted by Crippen LogP contribution is 2.08. The molecule has 0 aromatic carbocycles. The summed E-state index contributed by atoms with van der Waals surface area (Å²) in [5.41, 5.74) is 2.42. The molecule has 2 aromatic rings. The van der Waals surface area contributed by atoms with Crippen molar-refractivity contribution < 1.29 is 4.74 Å². The van der Waals surface area contributed by atoms with Gasteiger partial charge in [-0.15, -0.1) is 0 Å². The quantitative estimate of drug-likeness (QED) is 0.485. The van der Waals surface area contributed by atoms with E-state index in [0.29, 0.717) is 25.0 Å². The first-order chi connectivity index (χ1) is 9.72. The molecule has 0 fully saturated rings. The van der Waals surface area contributed by atoms with Crippen molar-refractivity contribution >= 4 is 11.9 Å². The van der Waals surface area contributed by atoms with E-state index in [1.54, 1.807) is 23.3 Å². The molecule has 0 bridgehead atoms. The van der Waals surface area contributed by atoms with Crippen LogP contribution in [0.25, 0.3) is 5.95 Å². The monoisotopic (exact) mass is 278 g/mol. The number of hydrogen-bond acceptors (Lipinski definition) is 8. The maximum atomic E-state index is 5.43. The molecule has 0 amide bonds. The molecule has 0 aliphatic carbocycles. The van der Waals surface area contributed by atoms with Crippen LogP contribution in [-0.4, -0.2) is 43.8 Å². The standard InChI is InChI=1S/C11H18N8O/c1-3-20-8(2)6-14-9-15-10(18-12)17-11(16-9)19-5-4-13-7-19/h4-5,7-8H,3,6,12H2,1-2H3,(H2,14,15,16,17,18). The van der Waals surface area contributed by atoms with Gasteiger partial charge >= 0.3 is 0 Å². The Kier molecular flexibility index (Phi) is 4.80. The van der Waals surface area contributed by atoms with Gasteiger partial charge in [-0.1, -0.05) is 0 Å². The molecule has 2 aromatic heterocycles. The largest absolute Gasteiger partial charge is 0.377 e. The maximum absolute atomic E-state index is 5.43. The summed E-state index contributed by atoms with van der Waals surface area (Å²) < 4.78 is 7.10. The molecule has 2 rings (SSSR count). The third-order valence-corrected chi connectivity index (χ3v) is 2.49. The van der Waals surface area contributed by atoms with E-state index in [0.717, 1.165) is 0 Å². The van der Waals surface area contributed by atoms with Crippen LogP contribution in [0, 0.1) is 0 Å². The second kappa shape index (κ2) is 6.78. The highest BCUT2D eigenvalue weighted by atomic mass is 16.5. The Bertz CT molecular complexity index is 529. The third kappa shape index (κ3) is 3.62. The highest BCUT2D eigenvalue weighted by Gasteiger charge is 2.08. The van der Waals surface area contributed by atoms with Gasteiger partial charge in [-0.05, 0) is 13.8 Å². The number of nitrogens with zero attached hydrogens (tertiary/aromatic N) is 5. The van der Waals surface area contributed by atoms with Gasteiger partial charge in [0.05, 0.1) is 6.10 Å². The minimum absolute atomic E-state index is 0.0581. The molecule has 0 saturated heterocycles. The van der Waals surface area contributed by atoms with E-state index in [1.807, 2.05) is 13.8 Å².